The predicted octanol–water partition coefficient (Wildman–Crippen LogP) is 3.00. The smallest absolute Gasteiger partial charge is 0.269 e. The summed E-state index contributed by atoms with van der Waals surface area (Å²) in [5.41, 5.74) is 4.35. The van der Waals surface area contributed by atoms with Crippen LogP contribution in [0.25, 0.3) is 0 Å². The first-order valence-corrected chi connectivity index (χ1v) is 8.58. The fourth-order valence-electron chi connectivity index (χ4n) is 2.09. The maximum atomic E-state index is 10.7. The average Bonchev–Trinajstić information content (AvgIpc) is 2.67. The molecule has 0 radical (unpaired) electrons. The number of nitro benzene ring substituents is 1. The molecule has 27 heavy (non-hydrogen) atoms. The number of nitrogens with zero attached hydrogens (tertiary/aromatic N) is 2. The van der Waals surface area contributed by atoms with Crippen LogP contribution in [0.4, 0.5) is 5.69 Å². The molecular formula is C18H20N4O4S. The highest BCUT2D eigenvalue weighted by Gasteiger charge is 2.08. The standard InChI is InChI=1S/C18H20N4O4S/c1-3-25-17-10-14(11-20-21-18(27)19-2)6-9-16(17)26-12-13-4-7-15(8-5-13)22(23)24/h4-11H,3,12H2,1-2H3,(H2,19,21,27)/b20-11-. The van der Waals surface area contributed by atoms with Gasteiger partial charge in [-0.2, -0.15) is 5.10 Å². The van der Waals surface area contributed by atoms with Crippen LogP contribution in [0.2, 0.25) is 0 Å². The van der Waals surface area contributed by atoms with Gasteiger partial charge in [0.05, 0.1) is 17.7 Å². The molecule has 0 aromatic heterocycles. The van der Waals surface area contributed by atoms with Gasteiger partial charge < -0.3 is 14.8 Å². The van der Waals surface area contributed by atoms with Gasteiger partial charge in [-0.05, 0) is 60.6 Å². The van der Waals surface area contributed by atoms with E-state index in [4.69, 9.17) is 21.7 Å². The molecule has 0 aliphatic carbocycles. The van der Waals surface area contributed by atoms with Crippen molar-refractivity contribution in [3.8, 4) is 11.5 Å². The topological polar surface area (TPSA) is 98.0 Å². The zero-order valence-corrected chi connectivity index (χ0v) is 15.8. The Morgan fingerprint density at radius 3 is 2.59 bits per heavy atom. The summed E-state index contributed by atoms with van der Waals surface area (Å²) >= 11 is 4.94. The van der Waals surface area contributed by atoms with Gasteiger partial charge in [-0.3, -0.25) is 15.5 Å². The second-order valence-electron chi connectivity index (χ2n) is 5.30. The molecule has 2 aromatic carbocycles. The summed E-state index contributed by atoms with van der Waals surface area (Å²) in [5, 5.41) is 17.9. The maximum Gasteiger partial charge on any atom is 0.269 e. The van der Waals surface area contributed by atoms with E-state index in [1.54, 1.807) is 31.5 Å². The number of ether oxygens (including phenoxy) is 2. The molecule has 0 aliphatic heterocycles. The Bertz CT molecular complexity index is 825. The molecule has 2 N–H and O–H groups in total. The minimum Gasteiger partial charge on any atom is -0.490 e. The van der Waals surface area contributed by atoms with E-state index in [1.165, 1.54) is 12.1 Å². The van der Waals surface area contributed by atoms with E-state index >= 15 is 0 Å². The minimum atomic E-state index is -0.434. The third-order valence-electron chi connectivity index (χ3n) is 3.42. The number of hydrogen-bond acceptors (Lipinski definition) is 6. The van der Waals surface area contributed by atoms with Crippen LogP contribution >= 0.6 is 12.2 Å². The molecule has 0 saturated carbocycles. The molecular weight excluding hydrogens is 368 g/mol. The Morgan fingerprint density at radius 2 is 1.96 bits per heavy atom. The molecule has 0 unspecified atom stereocenters. The van der Waals surface area contributed by atoms with Crippen molar-refractivity contribution in [2.45, 2.75) is 13.5 Å². The largest absolute Gasteiger partial charge is 0.490 e. The molecule has 0 aliphatic rings. The normalized spacial score (nSPS) is 10.4. The summed E-state index contributed by atoms with van der Waals surface area (Å²) in [6.07, 6.45) is 1.62. The molecule has 8 nitrogen and oxygen atoms in total. The summed E-state index contributed by atoms with van der Waals surface area (Å²) in [6, 6.07) is 11.7. The lowest BCUT2D eigenvalue weighted by Gasteiger charge is -2.12. The molecule has 0 fully saturated rings. The second-order valence-corrected chi connectivity index (χ2v) is 5.71. The van der Waals surface area contributed by atoms with Gasteiger partial charge in [0.2, 0.25) is 0 Å². The highest BCUT2D eigenvalue weighted by atomic mass is 32.1. The highest BCUT2D eigenvalue weighted by molar-refractivity contribution is 7.80. The van der Waals surface area contributed by atoms with Crippen molar-refractivity contribution < 1.29 is 14.4 Å². The third-order valence-corrected chi connectivity index (χ3v) is 3.71. The van der Waals surface area contributed by atoms with Gasteiger partial charge in [-0.25, -0.2) is 0 Å². The summed E-state index contributed by atoms with van der Waals surface area (Å²) in [7, 11) is 1.70. The number of nitro groups is 1. The monoisotopic (exact) mass is 388 g/mol. The van der Waals surface area contributed by atoms with Crippen molar-refractivity contribution >= 4 is 29.2 Å². The molecule has 0 amide bonds. The molecule has 0 atom stereocenters. The van der Waals surface area contributed by atoms with E-state index < -0.39 is 4.92 Å². The number of rotatable bonds is 8. The zero-order valence-electron chi connectivity index (χ0n) is 15.0. The van der Waals surface area contributed by atoms with Gasteiger partial charge in [0, 0.05) is 19.2 Å². The minimum absolute atomic E-state index is 0.0451. The number of thiocarbonyl (C=S) groups is 1. The van der Waals surface area contributed by atoms with Crippen molar-refractivity contribution in [1.29, 1.82) is 0 Å². The Kier molecular flexibility index (Phi) is 7.50. The maximum absolute atomic E-state index is 10.7. The molecule has 0 bridgehead atoms. The second kappa shape index (κ2) is 10.1. The van der Waals surface area contributed by atoms with Gasteiger partial charge in [-0.15, -0.1) is 0 Å². The number of non-ortho nitro benzene ring substituents is 1. The van der Waals surface area contributed by atoms with E-state index in [9.17, 15) is 10.1 Å². The van der Waals surface area contributed by atoms with Crippen LogP contribution < -0.4 is 20.2 Å². The summed E-state index contributed by atoms with van der Waals surface area (Å²) in [4.78, 5) is 10.3. The zero-order chi connectivity index (χ0) is 19.6. The average molecular weight is 388 g/mol. The Labute approximate surface area is 162 Å². The van der Waals surface area contributed by atoms with Gasteiger partial charge in [0.1, 0.15) is 6.61 Å². The van der Waals surface area contributed by atoms with Gasteiger partial charge >= 0.3 is 0 Å². The number of hydrazone groups is 1. The van der Waals surface area contributed by atoms with Crippen molar-refractivity contribution in [3.05, 3.63) is 63.7 Å². The third kappa shape index (κ3) is 6.23. The van der Waals surface area contributed by atoms with Crippen molar-refractivity contribution in [2.24, 2.45) is 5.10 Å². The van der Waals surface area contributed by atoms with Crippen molar-refractivity contribution in [2.75, 3.05) is 13.7 Å². The number of nitrogens with one attached hydrogen (secondary N) is 2. The van der Waals surface area contributed by atoms with Crippen LogP contribution in [-0.4, -0.2) is 29.9 Å². The molecule has 0 heterocycles. The van der Waals surface area contributed by atoms with Gasteiger partial charge in [0.15, 0.2) is 16.6 Å². The van der Waals surface area contributed by atoms with E-state index in [0.717, 1.165) is 11.1 Å². The Hall–Kier alpha value is -3.20. The van der Waals surface area contributed by atoms with Crippen LogP contribution in [0.5, 0.6) is 11.5 Å². The predicted molar refractivity (Wildman–Crippen MR) is 107 cm³/mol. The summed E-state index contributed by atoms with van der Waals surface area (Å²) in [5.74, 6) is 1.16. The molecule has 142 valence electrons. The van der Waals surface area contributed by atoms with E-state index in [-0.39, 0.29) is 12.3 Å². The first kappa shape index (κ1) is 20.1. The first-order chi connectivity index (χ1) is 13.0. The van der Waals surface area contributed by atoms with E-state index in [1.807, 2.05) is 19.1 Å². The lowest BCUT2D eigenvalue weighted by atomic mass is 10.2. The van der Waals surface area contributed by atoms with Crippen molar-refractivity contribution in [1.82, 2.24) is 10.7 Å². The Balaban J connectivity index is 2.06. The molecule has 0 saturated heterocycles. The van der Waals surface area contributed by atoms with Crippen LogP contribution in [0, 0.1) is 10.1 Å². The molecule has 9 heteroatoms. The van der Waals surface area contributed by atoms with Gasteiger partial charge in [0.25, 0.3) is 5.69 Å². The van der Waals surface area contributed by atoms with Crippen molar-refractivity contribution in [3.63, 3.8) is 0 Å². The van der Waals surface area contributed by atoms with Gasteiger partial charge in [-0.1, -0.05) is 0 Å². The number of benzene rings is 2. The fraction of sp³-hybridized carbons (Fsp3) is 0.222. The van der Waals surface area contributed by atoms with Crippen LogP contribution in [-0.2, 0) is 6.61 Å². The van der Waals surface area contributed by atoms with E-state index in [2.05, 4.69) is 15.8 Å². The SMILES string of the molecule is CCOc1cc(/C=N\NC(=S)NC)ccc1OCc1ccc([N+](=O)[O-])cc1. The van der Waals surface area contributed by atoms with Crippen LogP contribution in [0.1, 0.15) is 18.1 Å². The lowest BCUT2D eigenvalue weighted by Crippen LogP contribution is -2.28. The summed E-state index contributed by atoms with van der Waals surface area (Å²) < 4.78 is 11.4. The highest BCUT2D eigenvalue weighted by Crippen LogP contribution is 2.29. The number of hydrogen-bond donors (Lipinski definition) is 2. The fourth-order valence-corrected chi connectivity index (χ4v) is 2.14. The lowest BCUT2D eigenvalue weighted by molar-refractivity contribution is -0.384. The summed E-state index contributed by atoms with van der Waals surface area (Å²) in [6.45, 7) is 2.63. The molecule has 2 aromatic rings. The first-order valence-electron chi connectivity index (χ1n) is 8.17. The van der Waals surface area contributed by atoms with E-state index in [0.29, 0.717) is 23.2 Å². The molecule has 2 rings (SSSR count). The van der Waals surface area contributed by atoms with Crippen LogP contribution in [0.3, 0.4) is 0 Å². The molecule has 0 spiro atoms. The van der Waals surface area contributed by atoms with Crippen LogP contribution in [0.15, 0.2) is 47.6 Å². The Morgan fingerprint density at radius 1 is 1.22 bits per heavy atom. The quantitative estimate of drug-likeness (QED) is 0.310.